The van der Waals surface area contributed by atoms with Crippen molar-refractivity contribution in [3.05, 3.63) is 60.3 Å². The summed E-state index contributed by atoms with van der Waals surface area (Å²) < 4.78 is 2.30. The molecule has 0 aliphatic carbocycles. The maximum absolute atomic E-state index is 3.49. The van der Waals surface area contributed by atoms with E-state index in [1.165, 1.54) is 27.8 Å². The highest BCUT2D eigenvalue weighted by molar-refractivity contribution is 5.89. The van der Waals surface area contributed by atoms with Gasteiger partial charge in [0.05, 0.1) is 5.52 Å². The number of fused-ring (bicyclic) bond motifs is 1. The SMILES string of the molecule is CCCNc1ccc2c(c1)c(C(C)C)cn2-c1ccccc1. The third-order valence-corrected chi connectivity index (χ3v) is 4.07. The van der Waals surface area contributed by atoms with E-state index in [0.717, 1.165) is 13.0 Å². The van der Waals surface area contributed by atoms with Crippen molar-refractivity contribution in [2.45, 2.75) is 33.1 Å². The lowest BCUT2D eigenvalue weighted by Gasteiger charge is -2.08. The second-order valence-corrected chi connectivity index (χ2v) is 6.10. The molecule has 0 atom stereocenters. The first-order valence-electron chi connectivity index (χ1n) is 8.15. The van der Waals surface area contributed by atoms with E-state index in [9.17, 15) is 0 Å². The molecule has 3 aromatic rings. The van der Waals surface area contributed by atoms with Crippen molar-refractivity contribution in [3.8, 4) is 5.69 Å². The van der Waals surface area contributed by atoms with Crippen LogP contribution in [0.2, 0.25) is 0 Å². The van der Waals surface area contributed by atoms with E-state index >= 15 is 0 Å². The van der Waals surface area contributed by atoms with Gasteiger partial charge in [-0.25, -0.2) is 0 Å². The average molecular weight is 292 g/mol. The van der Waals surface area contributed by atoms with Gasteiger partial charge in [0.1, 0.15) is 0 Å². The lowest BCUT2D eigenvalue weighted by Crippen LogP contribution is -1.99. The number of para-hydroxylation sites is 1. The number of anilines is 1. The number of nitrogens with zero attached hydrogens (tertiary/aromatic N) is 1. The monoisotopic (exact) mass is 292 g/mol. The van der Waals surface area contributed by atoms with Gasteiger partial charge in [-0.05, 0) is 48.2 Å². The van der Waals surface area contributed by atoms with Crippen LogP contribution >= 0.6 is 0 Å². The third-order valence-electron chi connectivity index (χ3n) is 4.07. The molecule has 1 heterocycles. The predicted molar refractivity (Wildman–Crippen MR) is 96.1 cm³/mol. The number of benzene rings is 2. The Morgan fingerprint density at radius 3 is 2.50 bits per heavy atom. The molecule has 0 bridgehead atoms. The molecule has 2 nitrogen and oxygen atoms in total. The van der Waals surface area contributed by atoms with Crippen molar-refractivity contribution < 1.29 is 0 Å². The minimum atomic E-state index is 0.508. The molecule has 0 aliphatic rings. The predicted octanol–water partition coefficient (Wildman–Crippen LogP) is 5.58. The molecule has 1 N–H and O–H groups in total. The fourth-order valence-electron chi connectivity index (χ4n) is 2.90. The van der Waals surface area contributed by atoms with Crippen LogP contribution in [-0.2, 0) is 0 Å². The van der Waals surface area contributed by atoms with E-state index in [2.05, 4.69) is 85.4 Å². The highest BCUT2D eigenvalue weighted by Gasteiger charge is 2.12. The molecule has 0 fully saturated rings. The summed E-state index contributed by atoms with van der Waals surface area (Å²) in [4.78, 5) is 0. The van der Waals surface area contributed by atoms with Crippen LogP contribution < -0.4 is 5.32 Å². The molecule has 2 aromatic carbocycles. The van der Waals surface area contributed by atoms with Crippen LogP contribution in [0.3, 0.4) is 0 Å². The van der Waals surface area contributed by atoms with Crippen LogP contribution in [0, 0.1) is 0 Å². The zero-order valence-corrected chi connectivity index (χ0v) is 13.6. The molecule has 0 saturated carbocycles. The minimum absolute atomic E-state index is 0.508. The van der Waals surface area contributed by atoms with E-state index in [-0.39, 0.29) is 0 Å². The fourth-order valence-corrected chi connectivity index (χ4v) is 2.90. The average Bonchev–Trinajstić information content (AvgIpc) is 2.93. The van der Waals surface area contributed by atoms with Crippen LogP contribution in [0.25, 0.3) is 16.6 Å². The summed E-state index contributed by atoms with van der Waals surface area (Å²) in [5.74, 6) is 0.508. The van der Waals surface area contributed by atoms with Gasteiger partial charge in [-0.1, -0.05) is 39.0 Å². The smallest absolute Gasteiger partial charge is 0.0532 e. The lowest BCUT2D eigenvalue weighted by molar-refractivity contribution is 0.870. The Morgan fingerprint density at radius 2 is 1.82 bits per heavy atom. The van der Waals surface area contributed by atoms with Gasteiger partial charge < -0.3 is 9.88 Å². The Kier molecular flexibility index (Phi) is 4.19. The second kappa shape index (κ2) is 6.27. The number of hydrogen-bond donors (Lipinski definition) is 1. The molecule has 0 unspecified atom stereocenters. The Hall–Kier alpha value is -2.22. The molecule has 3 rings (SSSR count). The van der Waals surface area contributed by atoms with Gasteiger partial charge in [-0.3, -0.25) is 0 Å². The summed E-state index contributed by atoms with van der Waals surface area (Å²) >= 11 is 0. The lowest BCUT2D eigenvalue weighted by atomic mass is 10.0. The van der Waals surface area contributed by atoms with Gasteiger partial charge in [0.25, 0.3) is 0 Å². The van der Waals surface area contributed by atoms with Crippen molar-refractivity contribution in [3.63, 3.8) is 0 Å². The number of aromatic nitrogens is 1. The molecule has 0 spiro atoms. The first-order chi connectivity index (χ1) is 10.7. The Balaban J connectivity index is 2.15. The van der Waals surface area contributed by atoms with Crippen molar-refractivity contribution in [1.82, 2.24) is 4.57 Å². The maximum Gasteiger partial charge on any atom is 0.0532 e. The second-order valence-electron chi connectivity index (χ2n) is 6.10. The van der Waals surface area contributed by atoms with Crippen molar-refractivity contribution in [2.24, 2.45) is 0 Å². The molecular formula is C20H24N2. The number of rotatable bonds is 5. The van der Waals surface area contributed by atoms with Gasteiger partial charge in [0, 0.05) is 29.5 Å². The molecule has 0 saturated heterocycles. The van der Waals surface area contributed by atoms with E-state index in [0.29, 0.717) is 5.92 Å². The molecule has 1 aromatic heterocycles. The molecule has 0 amide bonds. The van der Waals surface area contributed by atoms with Crippen molar-refractivity contribution in [1.29, 1.82) is 0 Å². The summed E-state index contributed by atoms with van der Waals surface area (Å²) in [6.07, 6.45) is 3.42. The van der Waals surface area contributed by atoms with E-state index in [1.807, 2.05) is 0 Å². The molecule has 114 valence electrons. The summed E-state index contributed by atoms with van der Waals surface area (Å²) in [5.41, 5.74) is 5.10. The Bertz CT molecular complexity index is 754. The zero-order valence-electron chi connectivity index (χ0n) is 13.6. The minimum Gasteiger partial charge on any atom is -0.385 e. The topological polar surface area (TPSA) is 17.0 Å². The standard InChI is InChI=1S/C20H24N2/c1-4-12-21-16-10-11-20-18(13-16)19(15(2)3)14-22(20)17-8-6-5-7-9-17/h5-11,13-15,21H,4,12H2,1-3H3. The maximum atomic E-state index is 3.49. The summed E-state index contributed by atoms with van der Waals surface area (Å²) in [6.45, 7) is 7.73. The molecule has 0 aliphatic heterocycles. The molecule has 22 heavy (non-hydrogen) atoms. The molecular weight excluding hydrogens is 268 g/mol. The number of nitrogens with one attached hydrogen (secondary N) is 1. The van der Waals surface area contributed by atoms with Gasteiger partial charge in [0.2, 0.25) is 0 Å². The normalized spacial score (nSPS) is 11.3. The largest absolute Gasteiger partial charge is 0.385 e. The van der Waals surface area contributed by atoms with E-state index in [4.69, 9.17) is 0 Å². The quantitative estimate of drug-likeness (QED) is 0.650. The van der Waals surface area contributed by atoms with Crippen molar-refractivity contribution >= 4 is 16.6 Å². The summed E-state index contributed by atoms with van der Waals surface area (Å²) in [6, 6.07) is 17.3. The van der Waals surface area contributed by atoms with Gasteiger partial charge in [-0.2, -0.15) is 0 Å². The summed E-state index contributed by atoms with van der Waals surface area (Å²) in [7, 11) is 0. The van der Waals surface area contributed by atoms with Gasteiger partial charge in [0.15, 0.2) is 0 Å². The van der Waals surface area contributed by atoms with Crippen LogP contribution in [-0.4, -0.2) is 11.1 Å². The first kappa shape index (κ1) is 14.7. The zero-order chi connectivity index (χ0) is 15.5. The van der Waals surface area contributed by atoms with E-state index < -0.39 is 0 Å². The molecule has 0 radical (unpaired) electrons. The van der Waals surface area contributed by atoms with Gasteiger partial charge >= 0.3 is 0 Å². The van der Waals surface area contributed by atoms with Crippen LogP contribution in [0.1, 0.15) is 38.7 Å². The van der Waals surface area contributed by atoms with Crippen LogP contribution in [0.4, 0.5) is 5.69 Å². The highest BCUT2D eigenvalue weighted by atomic mass is 15.0. The van der Waals surface area contributed by atoms with Crippen molar-refractivity contribution in [2.75, 3.05) is 11.9 Å². The Morgan fingerprint density at radius 1 is 1.05 bits per heavy atom. The summed E-state index contributed by atoms with van der Waals surface area (Å²) in [5, 5.41) is 4.84. The van der Waals surface area contributed by atoms with Gasteiger partial charge in [-0.15, -0.1) is 0 Å². The highest BCUT2D eigenvalue weighted by Crippen LogP contribution is 2.31. The Labute approximate surface area is 132 Å². The molecule has 2 heteroatoms. The first-order valence-corrected chi connectivity index (χ1v) is 8.15. The fraction of sp³-hybridized carbons (Fsp3) is 0.300. The van der Waals surface area contributed by atoms with E-state index in [1.54, 1.807) is 0 Å². The number of hydrogen-bond acceptors (Lipinski definition) is 1. The third kappa shape index (κ3) is 2.74. The van der Waals surface area contributed by atoms with Crippen LogP contribution in [0.5, 0.6) is 0 Å². The van der Waals surface area contributed by atoms with Crippen LogP contribution in [0.15, 0.2) is 54.7 Å².